The van der Waals surface area contributed by atoms with Gasteiger partial charge in [-0.25, -0.2) is 0 Å². The predicted molar refractivity (Wildman–Crippen MR) is 93.8 cm³/mol. The Labute approximate surface area is 144 Å². The van der Waals surface area contributed by atoms with Gasteiger partial charge in [0.15, 0.2) is 5.79 Å². The van der Waals surface area contributed by atoms with Gasteiger partial charge in [0.2, 0.25) is 5.91 Å². The molecule has 1 saturated heterocycles. The fourth-order valence-electron chi connectivity index (χ4n) is 3.58. The van der Waals surface area contributed by atoms with Gasteiger partial charge in [-0.3, -0.25) is 4.79 Å². The van der Waals surface area contributed by atoms with Crippen LogP contribution < -0.4 is 10.6 Å². The summed E-state index contributed by atoms with van der Waals surface area (Å²) >= 11 is 0. The van der Waals surface area contributed by atoms with Gasteiger partial charge < -0.3 is 20.1 Å². The molecule has 3 rings (SSSR count). The van der Waals surface area contributed by atoms with E-state index in [9.17, 15) is 4.79 Å². The molecule has 5 nitrogen and oxygen atoms in total. The molecular weight excluding hydrogens is 304 g/mol. The van der Waals surface area contributed by atoms with Gasteiger partial charge in [-0.1, -0.05) is 18.6 Å². The molecule has 0 radical (unpaired) electrons. The van der Waals surface area contributed by atoms with Crippen molar-refractivity contribution in [3.05, 3.63) is 29.8 Å². The molecule has 1 saturated carbocycles. The van der Waals surface area contributed by atoms with Crippen molar-refractivity contribution in [3.8, 4) is 0 Å². The van der Waals surface area contributed by atoms with Crippen molar-refractivity contribution in [2.24, 2.45) is 0 Å². The summed E-state index contributed by atoms with van der Waals surface area (Å²) in [7, 11) is 0. The van der Waals surface area contributed by atoms with Crippen LogP contribution in [-0.2, 0) is 14.3 Å². The van der Waals surface area contributed by atoms with Crippen LogP contribution in [0.1, 0.15) is 57.6 Å². The highest BCUT2D eigenvalue weighted by molar-refractivity contribution is 5.88. The van der Waals surface area contributed by atoms with Crippen molar-refractivity contribution in [1.29, 1.82) is 0 Å². The van der Waals surface area contributed by atoms with Crippen LogP contribution in [0.15, 0.2) is 24.3 Å². The van der Waals surface area contributed by atoms with Crippen molar-refractivity contribution in [2.75, 3.05) is 18.5 Å². The Morgan fingerprint density at radius 1 is 1.33 bits per heavy atom. The Morgan fingerprint density at radius 2 is 2.12 bits per heavy atom. The lowest BCUT2D eigenvalue weighted by Gasteiger charge is -2.31. The van der Waals surface area contributed by atoms with Gasteiger partial charge in [0.1, 0.15) is 0 Å². The molecule has 1 aliphatic carbocycles. The first-order valence-corrected chi connectivity index (χ1v) is 8.99. The predicted octanol–water partition coefficient (Wildman–Crippen LogP) is 3.37. The molecule has 24 heavy (non-hydrogen) atoms. The minimum absolute atomic E-state index is 0.0537. The van der Waals surface area contributed by atoms with E-state index in [0.717, 1.165) is 30.6 Å². The molecule has 0 bridgehead atoms. The molecule has 1 aliphatic heterocycles. The number of anilines is 1. The van der Waals surface area contributed by atoms with Crippen molar-refractivity contribution in [2.45, 2.75) is 63.9 Å². The van der Waals surface area contributed by atoms with Gasteiger partial charge >= 0.3 is 0 Å². The SMILES string of the molecule is CC(=O)Nc1cccc([C@@H](C)NC[C@@H]2COC3(CCCCC3)O2)c1. The number of amides is 1. The van der Waals surface area contributed by atoms with E-state index in [0.29, 0.717) is 6.61 Å². The number of hydrogen-bond donors (Lipinski definition) is 2. The Kier molecular flexibility index (Phi) is 5.54. The van der Waals surface area contributed by atoms with E-state index in [-0.39, 0.29) is 23.8 Å². The Bertz CT molecular complexity index is 569. The number of nitrogens with one attached hydrogen (secondary N) is 2. The van der Waals surface area contributed by atoms with Gasteiger partial charge in [0.25, 0.3) is 0 Å². The third kappa shape index (κ3) is 4.35. The molecule has 1 amide bonds. The summed E-state index contributed by atoms with van der Waals surface area (Å²) in [5, 5.41) is 6.35. The number of ether oxygens (including phenoxy) is 2. The molecule has 2 N–H and O–H groups in total. The van der Waals surface area contributed by atoms with Crippen molar-refractivity contribution >= 4 is 11.6 Å². The van der Waals surface area contributed by atoms with Gasteiger partial charge in [-0.2, -0.15) is 0 Å². The smallest absolute Gasteiger partial charge is 0.221 e. The van der Waals surface area contributed by atoms with E-state index >= 15 is 0 Å². The molecule has 1 aromatic carbocycles. The zero-order valence-corrected chi connectivity index (χ0v) is 14.6. The Balaban J connectivity index is 1.50. The van der Waals surface area contributed by atoms with Crippen LogP contribution in [0.25, 0.3) is 0 Å². The van der Waals surface area contributed by atoms with Crippen LogP contribution in [0.4, 0.5) is 5.69 Å². The zero-order chi connectivity index (χ0) is 17.0. The topological polar surface area (TPSA) is 59.6 Å². The molecule has 5 heteroatoms. The fourth-order valence-corrected chi connectivity index (χ4v) is 3.58. The first kappa shape index (κ1) is 17.4. The first-order valence-electron chi connectivity index (χ1n) is 8.99. The fraction of sp³-hybridized carbons (Fsp3) is 0.632. The first-order chi connectivity index (χ1) is 11.6. The van der Waals surface area contributed by atoms with Crippen LogP contribution in [0.3, 0.4) is 0 Å². The molecular formula is C19H28N2O3. The second-order valence-corrected chi connectivity index (χ2v) is 6.96. The van der Waals surface area contributed by atoms with Crippen molar-refractivity contribution in [1.82, 2.24) is 5.32 Å². The summed E-state index contributed by atoms with van der Waals surface area (Å²) in [5.74, 6) is -0.360. The third-order valence-electron chi connectivity index (χ3n) is 4.89. The number of benzene rings is 1. The van der Waals surface area contributed by atoms with E-state index in [2.05, 4.69) is 23.6 Å². The maximum Gasteiger partial charge on any atom is 0.221 e. The van der Waals surface area contributed by atoms with Crippen molar-refractivity contribution < 1.29 is 14.3 Å². The molecule has 0 unspecified atom stereocenters. The second kappa shape index (κ2) is 7.64. The monoisotopic (exact) mass is 332 g/mol. The lowest BCUT2D eigenvalue weighted by atomic mass is 9.94. The highest BCUT2D eigenvalue weighted by Crippen LogP contribution is 2.37. The van der Waals surface area contributed by atoms with Crippen LogP contribution in [0.5, 0.6) is 0 Å². The van der Waals surface area contributed by atoms with Crippen LogP contribution >= 0.6 is 0 Å². The van der Waals surface area contributed by atoms with Gasteiger partial charge in [0.05, 0.1) is 12.7 Å². The van der Waals surface area contributed by atoms with Gasteiger partial charge in [-0.05, 0) is 37.5 Å². The average Bonchev–Trinajstić information content (AvgIpc) is 2.95. The summed E-state index contributed by atoms with van der Waals surface area (Å²) in [6, 6.07) is 8.12. The van der Waals surface area contributed by atoms with Crippen molar-refractivity contribution in [3.63, 3.8) is 0 Å². The summed E-state index contributed by atoms with van der Waals surface area (Å²) in [6.45, 7) is 5.09. The van der Waals surface area contributed by atoms with Gasteiger partial charge in [0, 0.05) is 38.0 Å². The standard InChI is InChI=1S/C19H28N2O3/c1-14(16-7-6-8-17(11-16)21-15(2)22)20-12-18-13-23-19(24-18)9-4-3-5-10-19/h6-8,11,14,18,20H,3-5,9-10,12-13H2,1-2H3,(H,21,22)/t14-,18-/m1/s1. The second-order valence-electron chi connectivity index (χ2n) is 6.96. The number of carbonyl (C=O) groups excluding carboxylic acids is 1. The summed E-state index contributed by atoms with van der Waals surface area (Å²) in [6.07, 6.45) is 5.86. The summed E-state index contributed by atoms with van der Waals surface area (Å²) < 4.78 is 12.2. The van der Waals surface area contributed by atoms with E-state index in [1.807, 2.05) is 18.2 Å². The Morgan fingerprint density at radius 3 is 2.88 bits per heavy atom. The molecule has 0 aromatic heterocycles. The van der Waals surface area contributed by atoms with E-state index in [1.165, 1.54) is 26.2 Å². The van der Waals surface area contributed by atoms with Gasteiger partial charge in [-0.15, -0.1) is 0 Å². The Hall–Kier alpha value is -1.43. The number of rotatable bonds is 5. The highest BCUT2D eigenvalue weighted by atomic mass is 16.7. The molecule has 132 valence electrons. The number of hydrogen-bond acceptors (Lipinski definition) is 4. The molecule has 1 aromatic rings. The molecule has 1 heterocycles. The van der Waals surface area contributed by atoms with Crippen LogP contribution in [-0.4, -0.2) is 30.9 Å². The lowest BCUT2D eigenvalue weighted by molar-refractivity contribution is -0.186. The summed E-state index contributed by atoms with van der Waals surface area (Å²) in [5.41, 5.74) is 1.97. The third-order valence-corrected chi connectivity index (χ3v) is 4.89. The largest absolute Gasteiger partial charge is 0.347 e. The van der Waals surface area contributed by atoms with E-state index < -0.39 is 0 Å². The maximum atomic E-state index is 11.2. The quantitative estimate of drug-likeness (QED) is 0.868. The minimum Gasteiger partial charge on any atom is -0.347 e. The number of carbonyl (C=O) groups is 1. The maximum absolute atomic E-state index is 11.2. The molecule has 1 spiro atoms. The van der Waals surface area contributed by atoms with Crippen LogP contribution in [0, 0.1) is 0 Å². The average molecular weight is 332 g/mol. The molecule has 2 atom stereocenters. The van der Waals surface area contributed by atoms with E-state index in [1.54, 1.807) is 0 Å². The summed E-state index contributed by atoms with van der Waals surface area (Å²) in [4.78, 5) is 11.2. The minimum atomic E-state index is -0.306. The van der Waals surface area contributed by atoms with Crippen LogP contribution in [0.2, 0.25) is 0 Å². The molecule has 2 fully saturated rings. The molecule has 2 aliphatic rings. The highest BCUT2D eigenvalue weighted by Gasteiger charge is 2.42. The normalized spacial score (nSPS) is 24.0. The zero-order valence-electron chi connectivity index (χ0n) is 14.6. The van der Waals surface area contributed by atoms with E-state index in [4.69, 9.17) is 9.47 Å². The lowest BCUT2D eigenvalue weighted by Crippen LogP contribution is -2.36.